The van der Waals surface area contributed by atoms with Crippen LogP contribution in [0.25, 0.3) is 0 Å². The number of methoxy groups -OCH3 is 1. The molecule has 0 atom stereocenters. The summed E-state index contributed by atoms with van der Waals surface area (Å²) in [5.74, 6) is -0.362. The molecule has 8 heteroatoms. The summed E-state index contributed by atoms with van der Waals surface area (Å²) in [4.78, 5) is 38.0. The first-order valence-electron chi connectivity index (χ1n) is 9.23. The van der Waals surface area contributed by atoms with E-state index in [9.17, 15) is 14.4 Å². The fraction of sp³-hybridized carbons (Fsp3) is 0.286. The van der Waals surface area contributed by atoms with E-state index in [0.717, 1.165) is 5.56 Å². The van der Waals surface area contributed by atoms with E-state index < -0.39 is 11.8 Å². The van der Waals surface area contributed by atoms with Crippen LogP contribution in [0.2, 0.25) is 0 Å². The standard InChI is InChI=1S/C21H26N4O4/c1-4-25(13-19(26)22-17-9-11-18(29-3)12-10-17)14-20(27)23-24-21(28)16-7-5-15(2)6-8-16/h5-12H,4,13-14H2,1-3H3,(H,22,26)(H,23,27)(H,24,28). The predicted molar refractivity (Wildman–Crippen MR) is 111 cm³/mol. The molecule has 2 rings (SSSR count). The van der Waals surface area contributed by atoms with E-state index in [1.54, 1.807) is 48.4 Å². The van der Waals surface area contributed by atoms with Crippen LogP contribution in [-0.2, 0) is 9.59 Å². The van der Waals surface area contributed by atoms with Gasteiger partial charge in [0.2, 0.25) is 5.91 Å². The maximum Gasteiger partial charge on any atom is 0.269 e. The summed E-state index contributed by atoms with van der Waals surface area (Å²) >= 11 is 0. The number of hydrogen-bond donors (Lipinski definition) is 3. The van der Waals surface area contributed by atoms with Gasteiger partial charge in [-0.3, -0.25) is 30.1 Å². The van der Waals surface area contributed by atoms with Crippen molar-refractivity contribution in [1.82, 2.24) is 15.8 Å². The first-order valence-corrected chi connectivity index (χ1v) is 9.23. The van der Waals surface area contributed by atoms with Crippen LogP contribution in [0.15, 0.2) is 48.5 Å². The summed E-state index contributed by atoms with van der Waals surface area (Å²) in [5, 5.41) is 2.77. The fourth-order valence-electron chi connectivity index (χ4n) is 2.50. The Morgan fingerprint density at radius 3 is 2.10 bits per heavy atom. The molecular formula is C21H26N4O4. The van der Waals surface area contributed by atoms with E-state index in [4.69, 9.17) is 4.74 Å². The average molecular weight is 398 g/mol. The number of ether oxygens (including phenoxy) is 1. The lowest BCUT2D eigenvalue weighted by Gasteiger charge is -2.19. The molecule has 0 radical (unpaired) electrons. The van der Waals surface area contributed by atoms with E-state index >= 15 is 0 Å². The molecule has 29 heavy (non-hydrogen) atoms. The van der Waals surface area contributed by atoms with Crippen LogP contribution in [0.1, 0.15) is 22.8 Å². The van der Waals surface area contributed by atoms with Crippen molar-refractivity contribution in [1.29, 1.82) is 0 Å². The Kier molecular flexibility index (Phi) is 8.17. The van der Waals surface area contributed by atoms with Crippen LogP contribution in [0.4, 0.5) is 5.69 Å². The molecule has 0 aliphatic rings. The van der Waals surface area contributed by atoms with Crippen LogP contribution in [-0.4, -0.2) is 49.4 Å². The largest absolute Gasteiger partial charge is 0.497 e. The smallest absolute Gasteiger partial charge is 0.269 e. The van der Waals surface area contributed by atoms with Crippen molar-refractivity contribution in [2.75, 3.05) is 32.1 Å². The SMILES string of the molecule is CCN(CC(=O)NNC(=O)c1ccc(C)cc1)CC(=O)Nc1ccc(OC)cc1. The lowest BCUT2D eigenvalue weighted by Crippen LogP contribution is -2.47. The zero-order valence-corrected chi connectivity index (χ0v) is 16.8. The summed E-state index contributed by atoms with van der Waals surface area (Å²) in [6.07, 6.45) is 0. The number of carbonyl (C=O) groups is 3. The maximum atomic E-state index is 12.2. The number of nitrogens with one attached hydrogen (secondary N) is 3. The molecule has 0 aromatic heterocycles. The van der Waals surface area contributed by atoms with Gasteiger partial charge in [-0.1, -0.05) is 24.6 Å². The van der Waals surface area contributed by atoms with Crippen molar-refractivity contribution in [3.8, 4) is 5.75 Å². The van der Waals surface area contributed by atoms with Crippen LogP contribution in [0, 0.1) is 6.92 Å². The van der Waals surface area contributed by atoms with Crippen LogP contribution in [0.3, 0.4) is 0 Å². The third-order valence-electron chi connectivity index (χ3n) is 4.18. The summed E-state index contributed by atoms with van der Waals surface area (Å²) in [6, 6.07) is 14.0. The molecule has 0 unspecified atom stereocenters. The van der Waals surface area contributed by atoms with Gasteiger partial charge in [0, 0.05) is 11.3 Å². The number of anilines is 1. The molecule has 0 saturated heterocycles. The number of aryl methyl sites for hydroxylation is 1. The highest BCUT2D eigenvalue weighted by molar-refractivity contribution is 5.96. The molecule has 0 aliphatic heterocycles. The summed E-state index contributed by atoms with van der Waals surface area (Å²) < 4.78 is 5.08. The molecule has 154 valence electrons. The first kappa shape index (κ1) is 21.9. The molecule has 0 saturated carbocycles. The van der Waals surface area contributed by atoms with Crippen LogP contribution in [0.5, 0.6) is 5.75 Å². The quantitative estimate of drug-likeness (QED) is 0.588. The van der Waals surface area contributed by atoms with E-state index in [1.165, 1.54) is 0 Å². The third-order valence-corrected chi connectivity index (χ3v) is 4.18. The van der Waals surface area contributed by atoms with Gasteiger partial charge in [-0.05, 0) is 49.9 Å². The van der Waals surface area contributed by atoms with E-state index in [-0.39, 0.29) is 19.0 Å². The molecular weight excluding hydrogens is 372 g/mol. The topological polar surface area (TPSA) is 99.8 Å². The third kappa shape index (κ3) is 7.27. The molecule has 0 fully saturated rings. The summed E-state index contributed by atoms with van der Waals surface area (Å²) in [7, 11) is 1.57. The minimum atomic E-state index is -0.412. The van der Waals surface area contributed by atoms with Gasteiger partial charge < -0.3 is 10.1 Å². The second-order valence-electron chi connectivity index (χ2n) is 6.45. The van der Waals surface area contributed by atoms with E-state index in [1.807, 2.05) is 26.0 Å². The summed E-state index contributed by atoms with van der Waals surface area (Å²) in [5.41, 5.74) is 6.87. The fourth-order valence-corrected chi connectivity index (χ4v) is 2.50. The Hall–Kier alpha value is -3.39. The number of nitrogens with zero attached hydrogens (tertiary/aromatic N) is 1. The number of amides is 3. The molecule has 0 spiro atoms. The Morgan fingerprint density at radius 2 is 1.52 bits per heavy atom. The monoisotopic (exact) mass is 398 g/mol. The first-order chi connectivity index (χ1) is 13.9. The predicted octanol–water partition coefficient (Wildman–Crippen LogP) is 1.73. The minimum absolute atomic E-state index is 0.0271. The number of rotatable bonds is 8. The molecule has 2 aromatic carbocycles. The van der Waals surface area contributed by atoms with E-state index in [0.29, 0.717) is 23.5 Å². The zero-order chi connectivity index (χ0) is 21.2. The number of likely N-dealkylation sites (N-methyl/N-ethyl adjacent to an activating group) is 1. The lowest BCUT2D eigenvalue weighted by molar-refractivity contribution is -0.124. The van der Waals surface area contributed by atoms with Gasteiger partial charge in [0.05, 0.1) is 20.2 Å². The number of hydrogen-bond acceptors (Lipinski definition) is 5. The molecule has 2 aromatic rings. The van der Waals surface area contributed by atoms with Crippen LogP contribution < -0.4 is 20.9 Å². The highest BCUT2D eigenvalue weighted by Crippen LogP contribution is 2.14. The number of carbonyl (C=O) groups excluding carboxylic acids is 3. The normalized spacial score (nSPS) is 10.3. The Bertz CT molecular complexity index is 835. The molecule has 3 N–H and O–H groups in total. The average Bonchev–Trinajstić information content (AvgIpc) is 2.72. The Morgan fingerprint density at radius 1 is 0.897 bits per heavy atom. The van der Waals surface area contributed by atoms with E-state index in [2.05, 4.69) is 16.2 Å². The van der Waals surface area contributed by atoms with Gasteiger partial charge in [0.15, 0.2) is 0 Å². The van der Waals surface area contributed by atoms with Crippen molar-refractivity contribution < 1.29 is 19.1 Å². The highest BCUT2D eigenvalue weighted by atomic mass is 16.5. The molecule has 8 nitrogen and oxygen atoms in total. The Labute approximate surface area is 170 Å². The molecule has 0 aliphatic carbocycles. The van der Waals surface area contributed by atoms with Crippen molar-refractivity contribution in [3.05, 3.63) is 59.7 Å². The minimum Gasteiger partial charge on any atom is -0.497 e. The van der Waals surface area contributed by atoms with Gasteiger partial charge >= 0.3 is 0 Å². The molecule has 0 heterocycles. The van der Waals surface area contributed by atoms with Gasteiger partial charge in [0.25, 0.3) is 11.8 Å². The zero-order valence-electron chi connectivity index (χ0n) is 16.8. The number of hydrazine groups is 1. The van der Waals surface area contributed by atoms with Gasteiger partial charge in [-0.15, -0.1) is 0 Å². The van der Waals surface area contributed by atoms with Crippen molar-refractivity contribution in [2.45, 2.75) is 13.8 Å². The molecule has 3 amide bonds. The van der Waals surface area contributed by atoms with Gasteiger partial charge in [-0.25, -0.2) is 0 Å². The highest BCUT2D eigenvalue weighted by Gasteiger charge is 2.14. The van der Waals surface area contributed by atoms with Gasteiger partial charge in [-0.2, -0.15) is 0 Å². The molecule has 0 bridgehead atoms. The Balaban J connectivity index is 1.78. The summed E-state index contributed by atoms with van der Waals surface area (Å²) in [6.45, 7) is 4.28. The lowest BCUT2D eigenvalue weighted by atomic mass is 10.1. The maximum absolute atomic E-state index is 12.2. The second kappa shape index (κ2) is 10.8. The van der Waals surface area contributed by atoms with Crippen molar-refractivity contribution in [3.63, 3.8) is 0 Å². The number of benzene rings is 2. The van der Waals surface area contributed by atoms with Crippen molar-refractivity contribution in [2.24, 2.45) is 0 Å². The van der Waals surface area contributed by atoms with Crippen molar-refractivity contribution >= 4 is 23.4 Å². The van der Waals surface area contributed by atoms with Crippen LogP contribution >= 0.6 is 0 Å². The van der Waals surface area contributed by atoms with Gasteiger partial charge in [0.1, 0.15) is 5.75 Å². The second-order valence-corrected chi connectivity index (χ2v) is 6.45.